The minimum atomic E-state index is -0.237. The summed E-state index contributed by atoms with van der Waals surface area (Å²) in [6.45, 7) is 3.84. The van der Waals surface area contributed by atoms with Crippen molar-refractivity contribution < 1.29 is 4.39 Å². The lowest BCUT2D eigenvalue weighted by molar-refractivity contribution is 0.141. The molecule has 2 aliphatic rings. The summed E-state index contributed by atoms with van der Waals surface area (Å²) in [7, 11) is 2.13. The monoisotopic (exact) mass is 276 g/mol. The highest BCUT2D eigenvalue weighted by atomic mass is 19.1. The van der Waals surface area contributed by atoms with Gasteiger partial charge in [0, 0.05) is 12.6 Å². The zero-order chi connectivity index (χ0) is 14.3. The van der Waals surface area contributed by atoms with Gasteiger partial charge in [0.1, 0.15) is 5.82 Å². The number of nitrogens with zero attached hydrogens (tertiary/aromatic N) is 3. The van der Waals surface area contributed by atoms with Crippen LogP contribution in [0.5, 0.6) is 0 Å². The first-order chi connectivity index (χ1) is 9.53. The maximum atomic E-state index is 14.2. The quantitative estimate of drug-likeness (QED) is 0.851. The van der Waals surface area contributed by atoms with E-state index < -0.39 is 0 Å². The Morgan fingerprint density at radius 3 is 2.85 bits per heavy atom. The van der Waals surface area contributed by atoms with Crippen LogP contribution in [-0.2, 0) is 0 Å². The van der Waals surface area contributed by atoms with Crippen LogP contribution >= 0.6 is 0 Å². The van der Waals surface area contributed by atoms with Gasteiger partial charge in [0.2, 0.25) is 0 Å². The molecule has 2 N–H and O–H groups in total. The normalized spacial score (nSPS) is 30.9. The summed E-state index contributed by atoms with van der Waals surface area (Å²) in [4.78, 5) is 8.66. The molecule has 0 radical (unpaired) electrons. The molecule has 0 bridgehead atoms. The molecule has 1 fully saturated rings. The molecule has 1 aromatic carbocycles. The van der Waals surface area contributed by atoms with Crippen molar-refractivity contribution in [1.29, 1.82) is 0 Å². The minimum absolute atomic E-state index is 0.168. The topological polar surface area (TPSA) is 44.9 Å². The first-order valence-corrected chi connectivity index (χ1v) is 7.08. The maximum Gasteiger partial charge on any atom is 0.196 e. The van der Waals surface area contributed by atoms with Crippen LogP contribution in [0.2, 0.25) is 0 Å². The van der Waals surface area contributed by atoms with E-state index >= 15 is 0 Å². The number of aliphatic imine (C=N–C) groups is 1. The fraction of sp³-hybridized carbons (Fsp3) is 0.533. The van der Waals surface area contributed by atoms with Gasteiger partial charge >= 0.3 is 0 Å². The van der Waals surface area contributed by atoms with E-state index in [1.54, 1.807) is 12.1 Å². The Labute approximate surface area is 119 Å². The van der Waals surface area contributed by atoms with Crippen LogP contribution in [0.4, 0.5) is 10.1 Å². The Bertz CT molecular complexity index is 544. The standard InChI is InChI=1S/C15H21FN4/c1-11-9-15(7-8-19(11)2)10-18-14(17)20(15)13-6-4-3-5-12(13)16/h3-6,11H,7-10H2,1-2H3,(H2,17,18). The van der Waals surface area contributed by atoms with Gasteiger partial charge in [-0.1, -0.05) is 12.1 Å². The number of hydrogen-bond acceptors (Lipinski definition) is 4. The van der Waals surface area contributed by atoms with Gasteiger partial charge in [-0.15, -0.1) is 0 Å². The van der Waals surface area contributed by atoms with E-state index in [9.17, 15) is 4.39 Å². The van der Waals surface area contributed by atoms with Crippen LogP contribution in [0.1, 0.15) is 19.8 Å². The van der Waals surface area contributed by atoms with Crippen molar-refractivity contribution >= 4 is 11.6 Å². The lowest BCUT2D eigenvalue weighted by Gasteiger charge is -2.47. The van der Waals surface area contributed by atoms with Crippen molar-refractivity contribution in [2.45, 2.75) is 31.3 Å². The first-order valence-electron chi connectivity index (χ1n) is 7.08. The number of likely N-dealkylation sites (tertiary alicyclic amines) is 1. The maximum absolute atomic E-state index is 14.2. The van der Waals surface area contributed by atoms with Gasteiger partial charge in [-0.25, -0.2) is 4.39 Å². The molecule has 0 aliphatic carbocycles. The van der Waals surface area contributed by atoms with Crippen molar-refractivity contribution in [3.63, 3.8) is 0 Å². The third-order valence-corrected chi connectivity index (χ3v) is 4.69. The lowest BCUT2D eigenvalue weighted by Crippen LogP contribution is -2.59. The van der Waals surface area contributed by atoms with E-state index in [0.29, 0.717) is 24.2 Å². The largest absolute Gasteiger partial charge is 0.369 e. The smallest absolute Gasteiger partial charge is 0.196 e. The second-order valence-corrected chi connectivity index (χ2v) is 5.97. The van der Waals surface area contributed by atoms with Crippen LogP contribution in [0, 0.1) is 5.82 Å². The molecule has 1 aromatic rings. The summed E-state index contributed by atoms with van der Waals surface area (Å²) in [6.07, 6.45) is 1.90. The van der Waals surface area contributed by atoms with Crippen LogP contribution < -0.4 is 10.6 Å². The second-order valence-electron chi connectivity index (χ2n) is 5.97. The van der Waals surface area contributed by atoms with Gasteiger partial charge in [0.05, 0.1) is 17.8 Å². The predicted octanol–water partition coefficient (Wildman–Crippen LogP) is 1.81. The first kappa shape index (κ1) is 13.4. The molecule has 5 heteroatoms. The molecule has 3 rings (SSSR count). The van der Waals surface area contributed by atoms with Gasteiger partial charge in [-0.3, -0.25) is 4.99 Å². The highest BCUT2D eigenvalue weighted by Crippen LogP contribution is 2.39. The SMILES string of the molecule is CC1CC2(CCN1C)CN=C(N)N2c1ccccc1F. The van der Waals surface area contributed by atoms with Gasteiger partial charge in [-0.05, 0) is 38.9 Å². The molecule has 0 aromatic heterocycles. The lowest BCUT2D eigenvalue weighted by atomic mass is 9.82. The third-order valence-electron chi connectivity index (χ3n) is 4.69. The summed E-state index contributed by atoms with van der Waals surface area (Å²) >= 11 is 0. The molecule has 0 saturated carbocycles. The van der Waals surface area contributed by atoms with Crippen LogP contribution in [-0.4, -0.2) is 42.6 Å². The Kier molecular flexibility index (Phi) is 3.17. The van der Waals surface area contributed by atoms with Crippen LogP contribution in [0.3, 0.4) is 0 Å². The van der Waals surface area contributed by atoms with E-state index in [0.717, 1.165) is 19.4 Å². The highest BCUT2D eigenvalue weighted by Gasteiger charge is 2.47. The molecule has 2 atom stereocenters. The van der Waals surface area contributed by atoms with E-state index in [-0.39, 0.29) is 11.4 Å². The summed E-state index contributed by atoms with van der Waals surface area (Å²) < 4.78 is 14.2. The minimum Gasteiger partial charge on any atom is -0.369 e. The number of guanidine groups is 1. The fourth-order valence-corrected chi connectivity index (χ4v) is 3.38. The van der Waals surface area contributed by atoms with E-state index in [1.807, 2.05) is 11.0 Å². The number of rotatable bonds is 1. The van der Waals surface area contributed by atoms with Crippen molar-refractivity contribution in [2.75, 3.05) is 25.0 Å². The van der Waals surface area contributed by atoms with Crippen molar-refractivity contribution in [2.24, 2.45) is 10.7 Å². The number of piperidine rings is 1. The number of nitrogens with two attached hydrogens (primary N) is 1. The molecule has 4 nitrogen and oxygen atoms in total. The molecule has 1 saturated heterocycles. The molecule has 2 heterocycles. The summed E-state index contributed by atoms with van der Waals surface area (Å²) in [6, 6.07) is 7.25. The molecule has 2 unspecified atom stereocenters. The zero-order valence-corrected chi connectivity index (χ0v) is 12.0. The number of para-hydroxylation sites is 1. The van der Waals surface area contributed by atoms with Gasteiger partial charge in [0.15, 0.2) is 5.96 Å². The van der Waals surface area contributed by atoms with E-state index in [1.165, 1.54) is 6.07 Å². The number of anilines is 1. The number of benzene rings is 1. The molecule has 2 aliphatic heterocycles. The zero-order valence-electron chi connectivity index (χ0n) is 12.0. The Hall–Kier alpha value is -1.62. The average molecular weight is 276 g/mol. The molecule has 1 spiro atoms. The molecular formula is C15H21FN4. The molecule has 20 heavy (non-hydrogen) atoms. The molecule has 108 valence electrons. The number of hydrogen-bond donors (Lipinski definition) is 1. The number of halogens is 1. The van der Waals surface area contributed by atoms with Gasteiger partial charge in [-0.2, -0.15) is 0 Å². The van der Waals surface area contributed by atoms with E-state index in [2.05, 4.69) is 23.9 Å². The Morgan fingerprint density at radius 2 is 2.15 bits per heavy atom. The summed E-state index contributed by atoms with van der Waals surface area (Å²) in [5.41, 5.74) is 6.44. The molecular weight excluding hydrogens is 255 g/mol. The fourth-order valence-electron chi connectivity index (χ4n) is 3.38. The summed E-state index contributed by atoms with van der Waals surface area (Å²) in [5.74, 6) is 0.199. The predicted molar refractivity (Wildman–Crippen MR) is 79.4 cm³/mol. The summed E-state index contributed by atoms with van der Waals surface area (Å²) in [5, 5.41) is 0. The Balaban J connectivity index is 1.99. The van der Waals surface area contributed by atoms with Crippen LogP contribution in [0.25, 0.3) is 0 Å². The van der Waals surface area contributed by atoms with Crippen molar-refractivity contribution in [1.82, 2.24) is 4.90 Å². The van der Waals surface area contributed by atoms with Gasteiger partial charge < -0.3 is 15.5 Å². The van der Waals surface area contributed by atoms with E-state index in [4.69, 9.17) is 5.73 Å². The Morgan fingerprint density at radius 1 is 1.40 bits per heavy atom. The second kappa shape index (κ2) is 4.74. The van der Waals surface area contributed by atoms with Gasteiger partial charge in [0.25, 0.3) is 0 Å². The van der Waals surface area contributed by atoms with Crippen molar-refractivity contribution in [3.8, 4) is 0 Å². The van der Waals surface area contributed by atoms with Crippen LogP contribution in [0.15, 0.2) is 29.3 Å². The highest BCUT2D eigenvalue weighted by molar-refractivity contribution is 5.98. The third kappa shape index (κ3) is 1.97. The van der Waals surface area contributed by atoms with Crippen molar-refractivity contribution in [3.05, 3.63) is 30.1 Å². The molecule has 0 amide bonds. The average Bonchev–Trinajstić information content (AvgIpc) is 2.73.